The van der Waals surface area contributed by atoms with Crippen LogP contribution in [0.25, 0.3) is 0 Å². The first kappa shape index (κ1) is 31.0. The number of para-hydroxylation sites is 1. The minimum atomic E-state index is -1.10. The van der Waals surface area contributed by atoms with Crippen molar-refractivity contribution in [1.82, 2.24) is 10.2 Å². The molecule has 8 nitrogen and oxygen atoms in total. The lowest BCUT2D eigenvalue weighted by molar-refractivity contribution is -0.141. The summed E-state index contributed by atoms with van der Waals surface area (Å²) in [4.78, 5) is 41.3. The second-order valence-electron chi connectivity index (χ2n) is 10.9. The number of phenols is 1. The van der Waals surface area contributed by atoms with Crippen molar-refractivity contribution in [3.63, 3.8) is 0 Å². The van der Waals surface area contributed by atoms with Gasteiger partial charge in [-0.05, 0) is 82.7 Å². The second kappa shape index (κ2) is 13.5. The van der Waals surface area contributed by atoms with E-state index in [1.807, 2.05) is 19.9 Å². The van der Waals surface area contributed by atoms with Gasteiger partial charge in [-0.1, -0.05) is 49.7 Å². The first-order chi connectivity index (χ1) is 17.7. The fourth-order valence-electron chi connectivity index (χ4n) is 4.03. The van der Waals surface area contributed by atoms with E-state index < -0.39 is 29.6 Å². The van der Waals surface area contributed by atoms with Crippen molar-refractivity contribution in [2.24, 2.45) is 5.92 Å². The number of nitrogens with zero attached hydrogens (tertiary/aromatic N) is 1. The molecule has 0 aliphatic heterocycles. The van der Waals surface area contributed by atoms with Gasteiger partial charge in [0.1, 0.15) is 23.9 Å². The SMILES string of the molecule is Cc1cccc(Cl)c1NC(=O)C(c1cccc(O)c1)N(C(=O)CNC(=O)OC(C)(C)C)C(C)CCC(C)C. The molecule has 208 valence electrons. The van der Waals surface area contributed by atoms with Gasteiger partial charge in [0.2, 0.25) is 5.91 Å². The van der Waals surface area contributed by atoms with Crippen molar-refractivity contribution in [3.8, 4) is 5.75 Å². The molecule has 0 radical (unpaired) electrons. The third-order valence-electron chi connectivity index (χ3n) is 5.89. The van der Waals surface area contributed by atoms with Crippen molar-refractivity contribution < 1.29 is 24.2 Å². The number of ether oxygens (including phenoxy) is 1. The number of carbonyl (C=O) groups is 3. The molecule has 2 aromatic rings. The van der Waals surface area contributed by atoms with Crippen molar-refractivity contribution in [2.75, 3.05) is 11.9 Å². The van der Waals surface area contributed by atoms with Crippen LogP contribution in [0.5, 0.6) is 5.75 Å². The van der Waals surface area contributed by atoms with Gasteiger partial charge in [0.05, 0.1) is 10.7 Å². The Morgan fingerprint density at radius 3 is 2.29 bits per heavy atom. The van der Waals surface area contributed by atoms with E-state index in [1.54, 1.807) is 45.0 Å². The van der Waals surface area contributed by atoms with E-state index in [0.29, 0.717) is 28.6 Å². The van der Waals surface area contributed by atoms with Gasteiger partial charge in [-0.15, -0.1) is 0 Å². The van der Waals surface area contributed by atoms with Crippen LogP contribution in [0.15, 0.2) is 42.5 Å². The zero-order valence-corrected chi connectivity index (χ0v) is 24.1. The average molecular weight is 546 g/mol. The van der Waals surface area contributed by atoms with Gasteiger partial charge in [-0.25, -0.2) is 4.79 Å². The largest absolute Gasteiger partial charge is 0.508 e. The lowest BCUT2D eigenvalue weighted by Gasteiger charge is -2.37. The zero-order chi connectivity index (χ0) is 28.6. The standard InChI is InChI=1S/C29H40ClN3O5/c1-18(2)14-15-20(4)33(24(35)17-31-28(37)38-29(5,6)7)26(21-11-9-12-22(34)16-21)27(36)32-25-19(3)10-8-13-23(25)30/h8-13,16,18,20,26,34H,14-15,17H2,1-7H3,(H,31,37)(H,32,36). The summed E-state index contributed by atoms with van der Waals surface area (Å²) in [6.07, 6.45) is 0.720. The molecule has 0 aliphatic carbocycles. The van der Waals surface area contributed by atoms with Gasteiger partial charge in [0.15, 0.2) is 0 Å². The first-order valence-corrected chi connectivity index (χ1v) is 13.2. The highest BCUT2D eigenvalue weighted by Gasteiger charge is 2.35. The van der Waals surface area contributed by atoms with Crippen LogP contribution in [0.1, 0.15) is 71.6 Å². The molecule has 2 rings (SSSR count). The molecule has 0 aromatic heterocycles. The predicted molar refractivity (Wildman–Crippen MR) is 150 cm³/mol. The number of halogens is 1. The fourth-order valence-corrected chi connectivity index (χ4v) is 4.30. The van der Waals surface area contributed by atoms with E-state index in [0.717, 1.165) is 12.0 Å². The number of rotatable bonds is 10. The van der Waals surface area contributed by atoms with Gasteiger partial charge >= 0.3 is 6.09 Å². The van der Waals surface area contributed by atoms with Gasteiger partial charge in [-0.2, -0.15) is 0 Å². The molecule has 38 heavy (non-hydrogen) atoms. The number of aryl methyl sites for hydroxylation is 1. The molecule has 0 saturated carbocycles. The highest BCUT2D eigenvalue weighted by atomic mass is 35.5. The molecule has 0 bridgehead atoms. The summed E-state index contributed by atoms with van der Waals surface area (Å²) >= 11 is 6.38. The number of hydrogen-bond donors (Lipinski definition) is 3. The highest BCUT2D eigenvalue weighted by molar-refractivity contribution is 6.34. The van der Waals surface area contributed by atoms with E-state index in [9.17, 15) is 19.5 Å². The summed E-state index contributed by atoms with van der Waals surface area (Å²) in [7, 11) is 0. The number of hydrogen-bond acceptors (Lipinski definition) is 5. The van der Waals surface area contributed by atoms with Crippen molar-refractivity contribution >= 4 is 35.2 Å². The molecular weight excluding hydrogens is 506 g/mol. The summed E-state index contributed by atoms with van der Waals surface area (Å²) in [5.41, 5.74) is 0.902. The Morgan fingerprint density at radius 2 is 1.71 bits per heavy atom. The van der Waals surface area contributed by atoms with Crippen LogP contribution < -0.4 is 10.6 Å². The maximum Gasteiger partial charge on any atom is 0.408 e. The van der Waals surface area contributed by atoms with Crippen LogP contribution >= 0.6 is 11.6 Å². The summed E-state index contributed by atoms with van der Waals surface area (Å²) in [5.74, 6) is -0.614. The predicted octanol–water partition coefficient (Wildman–Crippen LogP) is 6.21. The van der Waals surface area contributed by atoms with Gasteiger partial charge in [0.25, 0.3) is 5.91 Å². The molecular formula is C29H40ClN3O5. The Hall–Kier alpha value is -3.26. The minimum Gasteiger partial charge on any atom is -0.508 e. The molecule has 0 heterocycles. The number of alkyl carbamates (subject to hydrolysis) is 1. The van der Waals surface area contributed by atoms with Crippen molar-refractivity contribution in [2.45, 2.75) is 79.0 Å². The second-order valence-corrected chi connectivity index (χ2v) is 11.3. The molecule has 0 saturated heterocycles. The number of phenolic OH excluding ortho intramolecular Hbond substituents is 1. The normalized spacial score (nSPS) is 13.0. The Morgan fingerprint density at radius 1 is 1.05 bits per heavy atom. The molecule has 0 fully saturated rings. The summed E-state index contributed by atoms with van der Waals surface area (Å²) < 4.78 is 5.27. The molecule has 2 atom stereocenters. The van der Waals surface area contributed by atoms with Gasteiger partial charge < -0.3 is 25.4 Å². The topological polar surface area (TPSA) is 108 Å². The molecule has 3 amide bonds. The quantitative estimate of drug-likeness (QED) is 0.329. The van der Waals surface area contributed by atoms with Crippen LogP contribution in [0.2, 0.25) is 5.02 Å². The minimum absolute atomic E-state index is 0.0386. The lowest BCUT2D eigenvalue weighted by atomic mass is 9.97. The van der Waals surface area contributed by atoms with Gasteiger partial charge in [-0.3, -0.25) is 9.59 Å². The van der Waals surface area contributed by atoms with E-state index in [1.165, 1.54) is 17.0 Å². The van der Waals surface area contributed by atoms with Crippen LogP contribution in [-0.2, 0) is 14.3 Å². The first-order valence-electron chi connectivity index (χ1n) is 12.8. The number of benzene rings is 2. The monoisotopic (exact) mass is 545 g/mol. The Balaban J connectivity index is 2.50. The molecule has 9 heteroatoms. The number of amides is 3. The van der Waals surface area contributed by atoms with Crippen LogP contribution in [0, 0.1) is 12.8 Å². The maximum atomic E-state index is 13.9. The number of aromatic hydroxyl groups is 1. The third-order valence-corrected chi connectivity index (χ3v) is 6.21. The van der Waals surface area contributed by atoms with Crippen molar-refractivity contribution in [3.05, 3.63) is 58.6 Å². The Labute approximate surface area is 230 Å². The lowest BCUT2D eigenvalue weighted by Crippen LogP contribution is -2.50. The zero-order valence-electron chi connectivity index (χ0n) is 23.3. The van der Waals surface area contributed by atoms with Crippen molar-refractivity contribution in [1.29, 1.82) is 0 Å². The fraction of sp³-hybridized carbons (Fsp3) is 0.483. The number of anilines is 1. The molecule has 2 unspecified atom stereocenters. The van der Waals surface area contributed by atoms with E-state index in [-0.39, 0.29) is 18.3 Å². The third kappa shape index (κ3) is 9.24. The average Bonchev–Trinajstić information content (AvgIpc) is 2.80. The van der Waals surface area contributed by atoms with Crippen LogP contribution in [-0.4, -0.2) is 46.1 Å². The van der Waals surface area contributed by atoms with Crippen LogP contribution in [0.4, 0.5) is 10.5 Å². The Bertz CT molecular complexity index is 1110. The number of carbonyl (C=O) groups excluding carboxylic acids is 3. The molecule has 0 spiro atoms. The van der Waals surface area contributed by atoms with E-state index in [4.69, 9.17) is 16.3 Å². The summed E-state index contributed by atoms with van der Waals surface area (Å²) in [6.45, 7) is 12.7. The maximum absolute atomic E-state index is 13.9. The Kier molecular flexibility index (Phi) is 11.0. The molecule has 2 aromatic carbocycles. The molecule has 3 N–H and O–H groups in total. The van der Waals surface area contributed by atoms with Gasteiger partial charge in [0, 0.05) is 6.04 Å². The van der Waals surface area contributed by atoms with Crippen LogP contribution in [0.3, 0.4) is 0 Å². The number of nitrogens with one attached hydrogen (secondary N) is 2. The van der Waals surface area contributed by atoms with E-state index in [2.05, 4.69) is 24.5 Å². The van der Waals surface area contributed by atoms with E-state index >= 15 is 0 Å². The smallest absolute Gasteiger partial charge is 0.408 e. The summed E-state index contributed by atoms with van der Waals surface area (Å²) in [5, 5.41) is 16.0. The molecule has 0 aliphatic rings. The highest BCUT2D eigenvalue weighted by Crippen LogP contribution is 2.32. The summed E-state index contributed by atoms with van der Waals surface area (Å²) in [6, 6.07) is 10.1.